The quantitative estimate of drug-likeness (QED) is 0.811. The second-order valence-electron chi connectivity index (χ2n) is 4.99. The van der Waals surface area contributed by atoms with Crippen LogP contribution in [0.3, 0.4) is 0 Å². The van der Waals surface area contributed by atoms with Crippen LogP contribution in [0.5, 0.6) is 0 Å². The zero-order chi connectivity index (χ0) is 13.8. The first-order valence-electron chi connectivity index (χ1n) is 6.65. The summed E-state index contributed by atoms with van der Waals surface area (Å²) in [5.41, 5.74) is 6.20. The molecule has 104 valence electrons. The van der Waals surface area contributed by atoms with Crippen molar-refractivity contribution >= 4 is 11.6 Å². The summed E-state index contributed by atoms with van der Waals surface area (Å²) in [6.07, 6.45) is 1.09. The van der Waals surface area contributed by atoms with E-state index in [0.717, 1.165) is 26.1 Å². The number of nitrogens with zero attached hydrogens (tertiary/aromatic N) is 1. The van der Waals surface area contributed by atoms with E-state index in [1.807, 2.05) is 0 Å². The lowest BCUT2D eigenvalue weighted by atomic mass is 10.1. The number of halogens is 1. The molecule has 0 radical (unpaired) electrons. The summed E-state index contributed by atoms with van der Waals surface area (Å²) in [6.45, 7) is 5.88. The van der Waals surface area contributed by atoms with Gasteiger partial charge in [0.15, 0.2) is 0 Å². The minimum absolute atomic E-state index is 0.213. The van der Waals surface area contributed by atoms with Crippen molar-refractivity contribution in [3.05, 3.63) is 29.6 Å². The van der Waals surface area contributed by atoms with Crippen LogP contribution in [0.4, 0.5) is 10.1 Å². The van der Waals surface area contributed by atoms with E-state index in [9.17, 15) is 9.18 Å². The summed E-state index contributed by atoms with van der Waals surface area (Å²) in [6, 6.07) is 3.85. The number of nitrogens with one attached hydrogen (secondary N) is 1. The van der Waals surface area contributed by atoms with Gasteiger partial charge < -0.3 is 16.0 Å². The molecule has 1 heterocycles. The molecule has 1 amide bonds. The highest BCUT2D eigenvalue weighted by atomic mass is 19.1. The van der Waals surface area contributed by atoms with Crippen molar-refractivity contribution in [3.8, 4) is 0 Å². The lowest BCUT2D eigenvalue weighted by Crippen LogP contribution is -2.31. The molecule has 1 fully saturated rings. The van der Waals surface area contributed by atoms with Crippen LogP contribution in [0.25, 0.3) is 0 Å². The Morgan fingerprint density at radius 3 is 3.05 bits per heavy atom. The molecule has 0 aliphatic carbocycles. The van der Waals surface area contributed by atoms with E-state index in [0.29, 0.717) is 18.2 Å². The molecule has 0 spiro atoms. The standard InChI is InChI=1S/C14H20FN3O/c1-2-18-6-5-10(9-18)8-17-14(19)12-7-11(15)3-4-13(12)16/h3-4,7,10H,2,5-6,8-9,16H2,1H3,(H,17,19). The van der Waals surface area contributed by atoms with E-state index < -0.39 is 5.82 Å². The molecule has 0 saturated carbocycles. The maximum atomic E-state index is 13.1. The summed E-state index contributed by atoms with van der Waals surface area (Å²) in [4.78, 5) is 14.3. The van der Waals surface area contributed by atoms with Crippen LogP contribution in [0.1, 0.15) is 23.7 Å². The first-order chi connectivity index (χ1) is 9.10. The summed E-state index contributed by atoms with van der Waals surface area (Å²) in [5.74, 6) is -0.275. The Balaban J connectivity index is 1.89. The van der Waals surface area contributed by atoms with Crippen molar-refractivity contribution in [1.29, 1.82) is 0 Å². The molecule has 0 bridgehead atoms. The molecule has 1 aromatic carbocycles. The van der Waals surface area contributed by atoms with Gasteiger partial charge in [0, 0.05) is 18.8 Å². The Labute approximate surface area is 112 Å². The van der Waals surface area contributed by atoms with Crippen LogP contribution in [0.15, 0.2) is 18.2 Å². The number of carbonyl (C=O) groups is 1. The van der Waals surface area contributed by atoms with Gasteiger partial charge in [0.1, 0.15) is 5.82 Å². The van der Waals surface area contributed by atoms with Gasteiger partial charge in [-0.15, -0.1) is 0 Å². The number of amides is 1. The third-order valence-electron chi connectivity index (χ3n) is 3.63. The molecular formula is C14H20FN3O. The van der Waals surface area contributed by atoms with E-state index in [2.05, 4.69) is 17.1 Å². The van der Waals surface area contributed by atoms with Crippen LogP contribution in [0.2, 0.25) is 0 Å². The Kier molecular flexibility index (Phi) is 4.37. The predicted molar refractivity (Wildman–Crippen MR) is 73.4 cm³/mol. The van der Waals surface area contributed by atoms with Crippen LogP contribution in [-0.2, 0) is 0 Å². The van der Waals surface area contributed by atoms with Gasteiger partial charge in [-0.2, -0.15) is 0 Å². The maximum absolute atomic E-state index is 13.1. The van der Waals surface area contributed by atoms with E-state index >= 15 is 0 Å². The van der Waals surface area contributed by atoms with Crippen molar-refractivity contribution in [2.45, 2.75) is 13.3 Å². The lowest BCUT2D eigenvalue weighted by Gasteiger charge is -2.14. The number of nitrogens with two attached hydrogens (primary N) is 1. The number of nitrogen functional groups attached to an aromatic ring is 1. The van der Waals surface area contributed by atoms with Crippen molar-refractivity contribution in [2.24, 2.45) is 5.92 Å². The third-order valence-corrected chi connectivity index (χ3v) is 3.63. The molecular weight excluding hydrogens is 245 g/mol. The summed E-state index contributed by atoms with van der Waals surface area (Å²) < 4.78 is 13.1. The first kappa shape index (κ1) is 13.8. The molecule has 3 N–H and O–H groups in total. The minimum Gasteiger partial charge on any atom is -0.398 e. The number of hydrogen-bond donors (Lipinski definition) is 2. The lowest BCUT2D eigenvalue weighted by molar-refractivity contribution is 0.0948. The van der Waals surface area contributed by atoms with Gasteiger partial charge in [-0.3, -0.25) is 4.79 Å². The average molecular weight is 265 g/mol. The monoisotopic (exact) mass is 265 g/mol. The van der Waals surface area contributed by atoms with E-state index in [4.69, 9.17) is 5.73 Å². The van der Waals surface area contributed by atoms with Crippen molar-refractivity contribution in [2.75, 3.05) is 31.9 Å². The van der Waals surface area contributed by atoms with Gasteiger partial charge in [0.25, 0.3) is 5.91 Å². The normalized spacial score (nSPS) is 19.6. The zero-order valence-corrected chi connectivity index (χ0v) is 11.2. The Morgan fingerprint density at radius 1 is 1.58 bits per heavy atom. The van der Waals surface area contributed by atoms with Crippen molar-refractivity contribution < 1.29 is 9.18 Å². The second kappa shape index (κ2) is 6.02. The van der Waals surface area contributed by atoms with Crippen molar-refractivity contribution in [3.63, 3.8) is 0 Å². The molecule has 1 aliphatic rings. The fraction of sp³-hybridized carbons (Fsp3) is 0.500. The van der Waals surface area contributed by atoms with Crippen LogP contribution in [-0.4, -0.2) is 37.0 Å². The molecule has 1 aromatic rings. The van der Waals surface area contributed by atoms with Crippen molar-refractivity contribution in [1.82, 2.24) is 10.2 Å². The van der Waals surface area contributed by atoms with Crippen LogP contribution < -0.4 is 11.1 Å². The number of hydrogen-bond acceptors (Lipinski definition) is 3. The zero-order valence-electron chi connectivity index (χ0n) is 11.2. The largest absolute Gasteiger partial charge is 0.398 e. The molecule has 1 aliphatic heterocycles. The van der Waals surface area contributed by atoms with Crippen LogP contribution >= 0.6 is 0 Å². The third kappa shape index (κ3) is 3.44. The number of likely N-dealkylation sites (tertiary alicyclic amines) is 1. The topological polar surface area (TPSA) is 58.4 Å². The minimum atomic E-state index is -0.447. The first-order valence-corrected chi connectivity index (χ1v) is 6.65. The Bertz CT molecular complexity index is 464. The molecule has 5 heteroatoms. The van der Waals surface area contributed by atoms with Gasteiger partial charge in [-0.05, 0) is 43.6 Å². The predicted octanol–water partition coefficient (Wildman–Crippen LogP) is 1.48. The highest BCUT2D eigenvalue weighted by Crippen LogP contribution is 2.16. The molecule has 0 aromatic heterocycles. The van der Waals surface area contributed by atoms with E-state index in [-0.39, 0.29) is 11.5 Å². The van der Waals surface area contributed by atoms with Gasteiger partial charge in [0.2, 0.25) is 0 Å². The molecule has 1 saturated heterocycles. The second-order valence-corrected chi connectivity index (χ2v) is 4.99. The highest BCUT2D eigenvalue weighted by Gasteiger charge is 2.22. The van der Waals surface area contributed by atoms with Gasteiger partial charge in [0.05, 0.1) is 5.56 Å². The maximum Gasteiger partial charge on any atom is 0.253 e. The molecule has 19 heavy (non-hydrogen) atoms. The Morgan fingerprint density at radius 2 is 2.37 bits per heavy atom. The number of carbonyl (C=O) groups excluding carboxylic acids is 1. The highest BCUT2D eigenvalue weighted by molar-refractivity contribution is 5.99. The Hall–Kier alpha value is -1.62. The fourth-order valence-corrected chi connectivity index (χ4v) is 2.42. The number of anilines is 1. The van der Waals surface area contributed by atoms with E-state index in [1.54, 1.807) is 0 Å². The van der Waals surface area contributed by atoms with E-state index in [1.165, 1.54) is 18.2 Å². The summed E-state index contributed by atoms with van der Waals surface area (Å²) in [5, 5.41) is 2.84. The van der Waals surface area contributed by atoms with Crippen LogP contribution in [0, 0.1) is 11.7 Å². The van der Waals surface area contributed by atoms with Gasteiger partial charge >= 0.3 is 0 Å². The molecule has 2 rings (SSSR count). The molecule has 1 unspecified atom stereocenters. The van der Waals surface area contributed by atoms with Gasteiger partial charge in [-0.1, -0.05) is 6.92 Å². The summed E-state index contributed by atoms with van der Waals surface area (Å²) >= 11 is 0. The summed E-state index contributed by atoms with van der Waals surface area (Å²) in [7, 11) is 0. The molecule has 4 nitrogen and oxygen atoms in total. The van der Waals surface area contributed by atoms with Gasteiger partial charge in [-0.25, -0.2) is 4.39 Å². The smallest absolute Gasteiger partial charge is 0.253 e. The number of benzene rings is 1. The fourth-order valence-electron chi connectivity index (χ4n) is 2.42. The SMILES string of the molecule is CCN1CCC(CNC(=O)c2cc(F)ccc2N)C1. The molecule has 1 atom stereocenters. The number of rotatable bonds is 4. The average Bonchev–Trinajstić information content (AvgIpc) is 2.87.